The minimum atomic E-state index is 0.714. The Morgan fingerprint density at radius 3 is 2.40 bits per heavy atom. The molecule has 1 aromatic rings. The van der Waals surface area contributed by atoms with Crippen LogP contribution in [-0.4, -0.2) is 5.71 Å². The van der Waals surface area contributed by atoms with Crippen LogP contribution in [0.25, 0.3) is 0 Å². The van der Waals surface area contributed by atoms with Crippen LogP contribution in [0.3, 0.4) is 0 Å². The van der Waals surface area contributed by atoms with Crippen LogP contribution in [0, 0.1) is 5.41 Å². The highest BCUT2D eigenvalue weighted by Gasteiger charge is 1.90. The van der Waals surface area contributed by atoms with E-state index >= 15 is 0 Å². The van der Waals surface area contributed by atoms with Gasteiger partial charge in [-0.25, -0.2) is 0 Å². The minimum Gasteiger partial charge on any atom is -0.310 e. The minimum absolute atomic E-state index is 0.714. The van der Waals surface area contributed by atoms with E-state index in [0.29, 0.717) is 5.71 Å². The van der Waals surface area contributed by atoms with Gasteiger partial charge >= 0.3 is 0 Å². The highest BCUT2D eigenvalue weighted by atomic mass is 14.4. The molecule has 1 N–H and O–H groups in total. The first kappa shape index (κ1) is 7.00. The van der Waals surface area contributed by atoms with Gasteiger partial charge < -0.3 is 5.41 Å². The highest BCUT2D eigenvalue weighted by molar-refractivity contribution is 5.80. The van der Waals surface area contributed by atoms with Gasteiger partial charge in [-0.1, -0.05) is 30.3 Å². The van der Waals surface area contributed by atoms with E-state index in [2.05, 4.69) is 0 Å². The standard InChI is InChI=1S/C9H11N/c1-8(10)7-9-5-3-2-4-6-9/h2-6,10H,7H2,1H3. The number of hydrogen-bond acceptors (Lipinski definition) is 1. The van der Waals surface area contributed by atoms with E-state index in [4.69, 9.17) is 5.41 Å². The predicted octanol–water partition coefficient (Wildman–Crippen LogP) is 2.27. The van der Waals surface area contributed by atoms with Crippen molar-refractivity contribution < 1.29 is 0 Å². The molecular weight excluding hydrogens is 122 g/mol. The Morgan fingerprint density at radius 2 is 1.90 bits per heavy atom. The van der Waals surface area contributed by atoms with Gasteiger partial charge in [-0.15, -0.1) is 0 Å². The normalized spacial score (nSPS) is 9.30. The molecule has 1 rings (SSSR count). The van der Waals surface area contributed by atoms with Crippen molar-refractivity contribution in [1.29, 1.82) is 5.41 Å². The average Bonchev–Trinajstić information content (AvgIpc) is 1.88. The van der Waals surface area contributed by atoms with E-state index in [1.54, 1.807) is 0 Å². The van der Waals surface area contributed by atoms with Crippen molar-refractivity contribution in [2.24, 2.45) is 0 Å². The molecule has 0 radical (unpaired) electrons. The Labute approximate surface area is 61.2 Å². The van der Waals surface area contributed by atoms with Crippen molar-refractivity contribution in [1.82, 2.24) is 0 Å². The molecule has 1 aromatic carbocycles. The largest absolute Gasteiger partial charge is 0.310 e. The van der Waals surface area contributed by atoms with Crippen molar-refractivity contribution in [2.75, 3.05) is 0 Å². The second kappa shape index (κ2) is 3.16. The zero-order chi connectivity index (χ0) is 7.40. The van der Waals surface area contributed by atoms with Crippen LogP contribution in [0.2, 0.25) is 0 Å². The summed E-state index contributed by atoms with van der Waals surface area (Å²) in [4.78, 5) is 0. The van der Waals surface area contributed by atoms with Gasteiger partial charge in [-0.3, -0.25) is 0 Å². The van der Waals surface area contributed by atoms with Crippen LogP contribution >= 0.6 is 0 Å². The van der Waals surface area contributed by atoms with E-state index in [0.717, 1.165) is 6.42 Å². The van der Waals surface area contributed by atoms with Crippen LogP contribution in [0.1, 0.15) is 12.5 Å². The molecule has 52 valence electrons. The zero-order valence-corrected chi connectivity index (χ0v) is 6.09. The summed E-state index contributed by atoms with van der Waals surface area (Å²) in [6, 6.07) is 10.1. The van der Waals surface area contributed by atoms with Crippen LogP contribution in [-0.2, 0) is 6.42 Å². The van der Waals surface area contributed by atoms with Crippen molar-refractivity contribution in [3.63, 3.8) is 0 Å². The summed E-state index contributed by atoms with van der Waals surface area (Å²) in [6.45, 7) is 1.83. The topological polar surface area (TPSA) is 23.9 Å². The Balaban J connectivity index is 2.67. The van der Waals surface area contributed by atoms with Gasteiger partial charge in [0.25, 0.3) is 0 Å². The third kappa shape index (κ3) is 2.02. The second-order valence-corrected chi connectivity index (χ2v) is 2.44. The summed E-state index contributed by atoms with van der Waals surface area (Å²) in [5.74, 6) is 0. The fourth-order valence-electron chi connectivity index (χ4n) is 0.902. The third-order valence-corrected chi connectivity index (χ3v) is 1.31. The molecule has 0 spiro atoms. The van der Waals surface area contributed by atoms with Crippen molar-refractivity contribution in [3.8, 4) is 0 Å². The van der Waals surface area contributed by atoms with E-state index in [1.807, 2.05) is 37.3 Å². The molecule has 0 aliphatic carbocycles. The average molecular weight is 133 g/mol. The molecule has 10 heavy (non-hydrogen) atoms. The van der Waals surface area contributed by atoms with E-state index in [1.165, 1.54) is 5.56 Å². The molecule has 0 heterocycles. The summed E-state index contributed by atoms with van der Waals surface area (Å²) >= 11 is 0. The molecule has 1 nitrogen and oxygen atoms in total. The maximum Gasteiger partial charge on any atom is 0.0102 e. The van der Waals surface area contributed by atoms with E-state index < -0.39 is 0 Å². The quantitative estimate of drug-likeness (QED) is 0.598. The molecule has 0 aliphatic heterocycles. The number of rotatable bonds is 2. The lowest BCUT2D eigenvalue weighted by Crippen LogP contribution is -1.93. The fourth-order valence-corrected chi connectivity index (χ4v) is 0.902. The van der Waals surface area contributed by atoms with Gasteiger partial charge in [-0.05, 0) is 12.5 Å². The molecule has 0 bridgehead atoms. The first-order valence-electron chi connectivity index (χ1n) is 3.37. The smallest absolute Gasteiger partial charge is 0.0102 e. The van der Waals surface area contributed by atoms with Crippen LogP contribution in [0.4, 0.5) is 0 Å². The van der Waals surface area contributed by atoms with Crippen LogP contribution < -0.4 is 0 Å². The third-order valence-electron chi connectivity index (χ3n) is 1.31. The number of benzene rings is 1. The predicted molar refractivity (Wildman–Crippen MR) is 43.5 cm³/mol. The van der Waals surface area contributed by atoms with Crippen molar-refractivity contribution >= 4 is 5.71 Å². The van der Waals surface area contributed by atoms with Crippen LogP contribution in [0.5, 0.6) is 0 Å². The molecular formula is C9H11N. The van der Waals surface area contributed by atoms with Gasteiger partial charge in [0.2, 0.25) is 0 Å². The molecule has 0 saturated heterocycles. The Bertz CT molecular complexity index is 213. The van der Waals surface area contributed by atoms with Gasteiger partial charge in [0.05, 0.1) is 0 Å². The molecule has 0 saturated carbocycles. The second-order valence-electron chi connectivity index (χ2n) is 2.44. The van der Waals surface area contributed by atoms with E-state index in [9.17, 15) is 0 Å². The molecule has 0 aliphatic rings. The summed E-state index contributed by atoms with van der Waals surface area (Å²) in [5, 5.41) is 7.23. The highest BCUT2D eigenvalue weighted by Crippen LogP contribution is 1.99. The number of hydrogen-bond donors (Lipinski definition) is 1. The van der Waals surface area contributed by atoms with Gasteiger partial charge in [-0.2, -0.15) is 0 Å². The lowest BCUT2D eigenvalue weighted by molar-refractivity contribution is 1.27. The first-order valence-corrected chi connectivity index (χ1v) is 3.37. The molecule has 0 amide bonds. The lowest BCUT2D eigenvalue weighted by atomic mass is 10.1. The Morgan fingerprint density at radius 1 is 1.30 bits per heavy atom. The Kier molecular flexibility index (Phi) is 2.21. The van der Waals surface area contributed by atoms with Crippen molar-refractivity contribution in [3.05, 3.63) is 35.9 Å². The first-order chi connectivity index (χ1) is 4.79. The SMILES string of the molecule is CC(=N)Cc1ccccc1. The van der Waals surface area contributed by atoms with Gasteiger partial charge in [0, 0.05) is 12.1 Å². The molecule has 0 atom stereocenters. The maximum absolute atomic E-state index is 7.23. The monoisotopic (exact) mass is 133 g/mol. The summed E-state index contributed by atoms with van der Waals surface area (Å²) in [6.07, 6.45) is 0.779. The molecule has 0 unspecified atom stereocenters. The lowest BCUT2D eigenvalue weighted by Gasteiger charge is -1.95. The van der Waals surface area contributed by atoms with Gasteiger partial charge in [0.1, 0.15) is 0 Å². The maximum atomic E-state index is 7.23. The summed E-state index contributed by atoms with van der Waals surface area (Å²) in [5.41, 5.74) is 1.93. The summed E-state index contributed by atoms with van der Waals surface area (Å²) < 4.78 is 0. The number of nitrogens with one attached hydrogen (secondary N) is 1. The zero-order valence-electron chi connectivity index (χ0n) is 6.09. The molecule has 0 fully saturated rings. The summed E-state index contributed by atoms with van der Waals surface area (Å²) in [7, 11) is 0. The molecule has 0 aromatic heterocycles. The van der Waals surface area contributed by atoms with Crippen LogP contribution in [0.15, 0.2) is 30.3 Å². The van der Waals surface area contributed by atoms with E-state index in [-0.39, 0.29) is 0 Å². The van der Waals surface area contributed by atoms with Gasteiger partial charge in [0.15, 0.2) is 0 Å². The fraction of sp³-hybridized carbons (Fsp3) is 0.222. The van der Waals surface area contributed by atoms with Crippen molar-refractivity contribution in [2.45, 2.75) is 13.3 Å². The Hall–Kier alpha value is -1.11. The molecule has 1 heteroatoms.